The number of Topliss-reactive ketones (excluding diaryl/α,β-unsaturated/α-hetero) is 1. The van der Waals surface area contributed by atoms with Crippen molar-refractivity contribution in [1.82, 2.24) is 10.2 Å². The van der Waals surface area contributed by atoms with Gasteiger partial charge >= 0.3 is 0 Å². The minimum absolute atomic E-state index is 0.197. The summed E-state index contributed by atoms with van der Waals surface area (Å²) in [5.74, 6) is -0.418. The molecule has 0 bridgehead atoms. The molecule has 0 spiro atoms. The zero-order valence-corrected chi connectivity index (χ0v) is 16.4. The van der Waals surface area contributed by atoms with Crippen molar-refractivity contribution < 1.29 is 9.59 Å². The Kier molecular flexibility index (Phi) is 6.26. The summed E-state index contributed by atoms with van der Waals surface area (Å²) in [5, 5.41) is 3.83. The summed E-state index contributed by atoms with van der Waals surface area (Å²) >= 11 is 5.95. The van der Waals surface area contributed by atoms with E-state index in [1.165, 1.54) is 0 Å². The van der Waals surface area contributed by atoms with Crippen LogP contribution < -0.4 is 10.2 Å². The van der Waals surface area contributed by atoms with Crippen LogP contribution in [0.4, 0.5) is 5.69 Å². The molecule has 5 nitrogen and oxygen atoms in total. The standard InChI is InChI=1S/C21H24ClN3O2/c1-15-3-9-18(10-4-15)24(2)21(27)19(25-13-11-23-12-14-25)20(26)16-5-7-17(22)8-6-16/h3-10,19,23H,11-14H2,1-2H3. The summed E-state index contributed by atoms with van der Waals surface area (Å²) in [7, 11) is 1.72. The first kappa shape index (κ1) is 19.5. The number of hydrogen-bond donors (Lipinski definition) is 1. The Hall–Kier alpha value is -2.21. The van der Waals surface area contributed by atoms with Gasteiger partial charge in [0.25, 0.3) is 5.91 Å². The number of benzene rings is 2. The maximum absolute atomic E-state index is 13.3. The second-order valence-electron chi connectivity index (χ2n) is 6.79. The third kappa shape index (κ3) is 4.56. The molecule has 3 rings (SSSR count). The van der Waals surface area contributed by atoms with Crippen LogP contribution in [0.1, 0.15) is 15.9 Å². The van der Waals surface area contributed by atoms with Gasteiger partial charge in [0.15, 0.2) is 11.8 Å². The number of halogens is 1. The fourth-order valence-electron chi connectivity index (χ4n) is 3.23. The summed E-state index contributed by atoms with van der Waals surface area (Å²) in [6.07, 6.45) is 0. The molecule has 1 saturated heterocycles. The molecule has 1 N–H and O–H groups in total. The third-order valence-corrected chi connectivity index (χ3v) is 5.13. The molecule has 0 aliphatic carbocycles. The van der Waals surface area contributed by atoms with Gasteiger partial charge in [0.2, 0.25) is 0 Å². The Balaban J connectivity index is 1.90. The van der Waals surface area contributed by atoms with Crippen LogP contribution in [0, 0.1) is 6.92 Å². The Bertz CT molecular complexity index is 799. The molecular formula is C21H24ClN3O2. The van der Waals surface area contributed by atoms with Crippen molar-refractivity contribution in [3.05, 3.63) is 64.7 Å². The van der Waals surface area contributed by atoms with Gasteiger partial charge in [-0.2, -0.15) is 0 Å². The molecule has 1 fully saturated rings. The van der Waals surface area contributed by atoms with Crippen LogP contribution in [0.5, 0.6) is 0 Å². The van der Waals surface area contributed by atoms with Crippen LogP contribution in [0.15, 0.2) is 48.5 Å². The van der Waals surface area contributed by atoms with Crippen LogP contribution in [-0.2, 0) is 4.79 Å². The van der Waals surface area contributed by atoms with Gasteiger partial charge in [0.1, 0.15) is 0 Å². The van der Waals surface area contributed by atoms with E-state index in [2.05, 4.69) is 5.32 Å². The molecule has 6 heteroatoms. The smallest absolute Gasteiger partial charge is 0.252 e. The number of amides is 1. The van der Waals surface area contributed by atoms with Gasteiger partial charge in [0.05, 0.1) is 0 Å². The molecule has 1 amide bonds. The number of ketones is 1. The molecule has 0 aromatic heterocycles. The number of anilines is 1. The highest BCUT2D eigenvalue weighted by molar-refractivity contribution is 6.30. The van der Waals surface area contributed by atoms with Gasteiger partial charge in [-0.3, -0.25) is 14.5 Å². The lowest BCUT2D eigenvalue weighted by Gasteiger charge is -2.35. The highest BCUT2D eigenvalue weighted by Gasteiger charge is 2.36. The summed E-state index contributed by atoms with van der Waals surface area (Å²) in [6.45, 7) is 4.81. The summed E-state index contributed by atoms with van der Waals surface area (Å²) in [6, 6.07) is 13.6. The number of rotatable bonds is 5. The molecular weight excluding hydrogens is 362 g/mol. The quantitative estimate of drug-likeness (QED) is 0.635. The number of nitrogens with one attached hydrogen (secondary N) is 1. The zero-order valence-electron chi connectivity index (χ0n) is 15.6. The van der Waals surface area contributed by atoms with E-state index in [1.54, 1.807) is 36.2 Å². The van der Waals surface area contributed by atoms with Crippen molar-refractivity contribution in [2.45, 2.75) is 13.0 Å². The van der Waals surface area contributed by atoms with Gasteiger partial charge in [-0.05, 0) is 43.3 Å². The molecule has 27 heavy (non-hydrogen) atoms. The van der Waals surface area contributed by atoms with Crippen molar-refractivity contribution in [3.63, 3.8) is 0 Å². The first-order valence-corrected chi connectivity index (χ1v) is 9.44. The highest BCUT2D eigenvalue weighted by atomic mass is 35.5. The Morgan fingerprint density at radius 2 is 1.63 bits per heavy atom. The number of nitrogens with zero attached hydrogens (tertiary/aromatic N) is 2. The zero-order chi connectivity index (χ0) is 19.4. The van der Waals surface area contributed by atoms with Crippen LogP contribution in [0.25, 0.3) is 0 Å². The van der Waals surface area contributed by atoms with Gasteiger partial charge in [-0.1, -0.05) is 29.3 Å². The lowest BCUT2D eigenvalue weighted by atomic mass is 10.0. The average molecular weight is 386 g/mol. The molecule has 1 unspecified atom stereocenters. The third-order valence-electron chi connectivity index (χ3n) is 4.88. The van der Waals surface area contributed by atoms with Crippen molar-refractivity contribution in [1.29, 1.82) is 0 Å². The molecule has 0 radical (unpaired) electrons. The van der Waals surface area contributed by atoms with Crippen molar-refractivity contribution in [2.24, 2.45) is 0 Å². The number of carbonyl (C=O) groups is 2. The van der Waals surface area contributed by atoms with Crippen molar-refractivity contribution in [2.75, 3.05) is 38.1 Å². The largest absolute Gasteiger partial charge is 0.314 e. The van der Waals surface area contributed by atoms with E-state index in [0.29, 0.717) is 23.7 Å². The van der Waals surface area contributed by atoms with E-state index in [1.807, 2.05) is 36.1 Å². The van der Waals surface area contributed by atoms with Crippen LogP contribution >= 0.6 is 11.6 Å². The normalized spacial score (nSPS) is 16.0. The lowest BCUT2D eigenvalue weighted by Crippen LogP contribution is -2.57. The van der Waals surface area contributed by atoms with E-state index < -0.39 is 6.04 Å². The van der Waals surface area contributed by atoms with E-state index in [9.17, 15) is 9.59 Å². The number of hydrogen-bond acceptors (Lipinski definition) is 4. The fourth-order valence-corrected chi connectivity index (χ4v) is 3.35. The summed E-state index contributed by atoms with van der Waals surface area (Å²) in [4.78, 5) is 30.1. The minimum atomic E-state index is -0.848. The maximum Gasteiger partial charge on any atom is 0.252 e. The molecule has 2 aromatic rings. The molecule has 1 atom stereocenters. The van der Waals surface area contributed by atoms with Gasteiger partial charge in [0, 0.05) is 49.5 Å². The van der Waals surface area contributed by atoms with Crippen LogP contribution in [-0.4, -0.2) is 55.9 Å². The highest BCUT2D eigenvalue weighted by Crippen LogP contribution is 2.20. The fraction of sp³-hybridized carbons (Fsp3) is 0.333. The molecule has 2 aromatic carbocycles. The van der Waals surface area contributed by atoms with E-state index in [-0.39, 0.29) is 11.7 Å². The van der Waals surface area contributed by atoms with Crippen LogP contribution in [0.3, 0.4) is 0 Å². The van der Waals surface area contributed by atoms with E-state index in [4.69, 9.17) is 11.6 Å². The number of piperazine rings is 1. The van der Waals surface area contributed by atoms with E-state index in [0.717, 1.165) is 24.3 Å². The second-order valence-corrected chi connectivity index (χ2v) is 7.23. The molecule has 1 aliphatic rings. The molecule has 1 heterocycles. The number of likely N-dealkylation sites (N-methyl/N-ethyl adjacent to an activating group) is 1. The Labute approximate surface area is 164 Å². The lowest BCUT2D eigenvalue weighted by molar-refractivity contribution is -0.122. The van der Waals surface area contributed by atoms with Gasteiger partial charge in [-0.25, -0.2) is 0 Å². The van der Waals surface area contributed by atoms with Crippen molar-refractivity contribution >= 4 is 29.0 Å². The molecule has 142 valence electrons. The van der Waals surface area contributed by atoms with E-state index >= 15 is 0 Å². The maximum atomic E-state index is 13.3. The topological polar surface area (TPSA) is 52.7 Å². The number of carbonyl (C=O) groups excluding carboxylic acids is 2. The predicted molar refractivity (Wildman–Crippen MR) is 109 cm³/mol. The molecule has 0 saturated carbocycles. The predicted octanol–water partition coefficient (Wildman–Crippen LogP) is 2.77. The Morgan fingerprint density at radius 1 is 1.04 bits per heavy atom. The first-order chi connectivity index (χ1) is 13.0. The summed E-state index contributed by atoms with van der Waals surface area (Å²) < 4.78 is 0. The number of aryl methyl sites for hydroxylation is 1. The SMILES string of the molecule is Cc1ccc(N(C)C(=O)C(C(=O)c2ccc(Cl)cc2)N2CCNCC2)cc1. The minimum Gasteiger partial charge on any atom is -0.314 e. The van der Waals surface area contributed by atoms with Crippen LogP contribution in [0.2, 0.25) is 5.02 Å². The average Bonchev–Trinajstić information content (AvgIpc) is 2.69. The van der Waals surface area contributed by atoms with Gasteiger partial charge in [-0.15, -0.1) is 0 Å². The summed E-state index contributed by atoms with van der Waals surface area (Å²) in [5.41, 5.74) is 2.39. The Morgan fingerprint density at radius 3 is 2.22 bits per heavy atom. The molecule has 1 aliphatic heterocycles. The monoisotopic (exact) mass is 385 g/mol. The van der Waals surface area contributed by atoms with Crippen molar-refractivity contribution in [3.8, 4) is 0 Å². The first-order valence-electron chi connectivity index (χ1n) is 9.06. The van der Waals surface area contributed by atoms with Gasteiger partial charge < -0.3 is 10.2 Å². The second kappa shape index (κ2) is 8.65.